The van der Waals surface area contributed by atoms with Crippen molar-refractivity contribution < 1.29 is 14.1 Å². The maximum Gasteiger partial charge on any atom is 0.272 e. The van der Waals surface area contributed by atoms with Crippen LogP contribution in [0.4, 0.5) is 0 Å². The van der Waals surface area contributed by atoms with Gasteiger partial charge in [0.2, 0.25) is 5.89 Å². The molecule has 134 valence electrons. The van der Waals surface area contributed by atoms with Gasteiger partial charge < -0.3 is 14.2 Å². The minimum atomic E-state index is -0.145. The molecule has 1 unspecified atom stereocenters. The minimum absolute atomic E-state index is 0.0207. The highest BCUT2D eigenvalue weighted by molar-refractivity contribution is 5.93. The molecule has 4 rings (SSSR count). The zero-order chi connectivity index (χ0) is 17.2. The molecule has 8 nitrogen and oxygen atoms in total. The molecule has 0 aliphatic carbocycles. The molecule has 4 heterocycles. The average Bonchev–Trinajstić information content (AvgIpc) is 3.41. The first-order valence-electron chi connectivity index (χ1n) is 9.02. The lowest BCUT2D eigenvalue weighted by Crippen LogP contribution is -2.32. The van der Waals surface area contributed by atoms with Crippen molar-refractivity contribution in [2.45, 2.75) is 51.1 Å². The van der Waals surface area contributed by atoms with E-state index in [0.29, 0.717) is 30.6 Å². The molecular formula is C17H23N5O3. The van der Waals surface area contributed by atoms with Gasteiger partial charge in [0.05, 0.1) is 0 Å². The van der Waals surface area contributed by atoms with E-state index in [1.807, 2.05) is 11.8 Å². The summed E-state index contributed by atoms with van der Waals surface area (Å²) in [4.78, 5) is 19.4. The minimum Gasteiger partial charge on any atom is -0.381 e. The number of aromatic nitrogens is 4. The molecular weight excluding hydrogens is 322 g/mol. The lowest BCUT2D eigenvalue weighted by atomic mass is 10.00. The lowest BCUT2D eigenvalue weighted by Gasteiger charge is -2.22. The summed E-state index contributed by atoms with van der Waals surface area (Å²) < 4.78 is 12.7. The molecule has 0 radical (unpaired) electrons. The SMILES string of the molecule is CCn1nccc1C(=O)N1CCCC1c1nc(C2CCOCC2)no1. The van der Waals surface area contributed by atoms with E-state index in [1.165, 1.54) is 0 Å². The quantitative estimate of drug-likeness (QED) is 0.844. The van der Waals surface area contributed by atoms with Crippen molar-refractivity contribution in [2.75, 3.05) is 19.8 Å². The molecule has 2 aromatic rings. The van der Waals surface area contributed by atoms with E-state index in [1.54, 1.807) is 16.9 Å². The Morgan fingerprint density at radius 2 is 2.16 bits per heavy atom. The molecule has 0 N–H and O–H groups in total. The number of ether oxygens (including phenoxy) is 1. The van der Waals surface area contributed by atoms with E-state index in [2.05, 4.69) is 15.2 Å². The van der Waals surface area contributed by atoms with Crippen molar-refractivity contribution in [2.24, 2.45) is 0 Å². The first-order valence-corrected chi connectivity index (χ1v) is 9.02. The Bertz CT molecular complexity index is 734. The molecule has 8 heteroatoms. The van der Waals surface area contributed by atoms with Crippen molar-refractivity contribution in [3.63, 3.8) is 0 Å². The number of carbonyl (C=O) groups is 1. The Morgan fingerprint density at radius 1 is 1.32 bits per heavy atom. The van der Waals surface area contributed by atoms with Gasteiger partial charge >= 0.3 is 0 Å². The summed E-state index contributed by atoms with van der Waals surface area (Å²) in [5.41, 5.74) is 0.610. The third kappa shape index (κ3) is 3.06. The summed E-state index contributed by atoms with van der Waals surface area (Å²) in [6, 6.07) is 1.62. The Hall–Kier alpha value is -2.22. The van der Waals surface area contributed by atoms with Crippen LogP contribution < -0.4 is 0 Å². The van der Waals surface area contributed by atoms with Gasteiger partial charge in [-0.2, -0.15) is 10.1 Å². The second-order valence-electron chi connectivity index (χ2n) is 6.57. The van der Waals surface area contributed by atoms with Crippen LogP contribution in [0.15, 0.2) is 16.8 Å². The van der Waals surface area contributed by atoms with Gasteiger partial charge in [0.15, 0.2) is 5.82 Å². The van der Waals surface area contributed by atoms with Gasteiger partial charge in [0, 0.05) is 38.4 Å². The summed E-state index contributed by atoms with van der Waals surface area (Å²) in [6.45, 7) is 4.82. The number of hydrogen-bond acceptors (Lipinski definition) is 6. The maximum atomic E-state index is 12.9. The van der Waals surface area contributed by atoms with Crippen molar-refractivity contribution in [3.05, 3.63) is 29.7 Å². The summed E-state index contributed by atoms with van der Waals surface area (Å²) >= 11 is 0. The molecule has 0 bridgehead atoms. The highest BCUT2D eigenvalue weighted by Crippen LogP contribution is 2.33. The molecule has 2 saturated heterocycles. The molecule has 2 fully saturated rings. The number of amides is 1. The summed E-state index contributed by atoms with van der Waals surface area (Å²) in [7, 11) is 0. The number of nitrogens with zero attached hydrogens (tertiary/aromatic N) is 5. The first-order chi connectivity index (χ1) is 12.3. The molecule has 2 aliphatic heterocycles. The smallest absolute Gasteiger partial charge is 0.272 e. The van der Waals surface area contributed by atoms with Gasteiger partial charge in [-0.25, -0.2) is 0 Å². The van der Waals surface area contributed by atoms with Crippen LogP contribution in [0.1, 0.15) is 66.8 Å². The normalized spacial score (nSPS) is 21.8. The second-order valence-corrected chi connectivity index (χ2v) is 6.57. The number of aryl methyl sites for hydroxylation is 1. The van der Waals surface area contributed by atoms with Crippen LogP contribution in [-0.2, 0) is 11.3 Å². The standard InChI is InChI=1S/C17H23N5O3/c1-2-22-14(5-8-18-22)17(23)21-9-3-4-13(21)16-19-15(20-25-16)12-6-10-24-11-7-12/h5,8,12-13H,2-4,6-7,9-11H2,1H3. The Balaban J connectivity index is 1.53. The van der Waals surface area contributed by atoms with E-state index in [4.69, 9.17) is 9.26 Å². The van der Waals surface area contributed by atoms with E-state index >= 15 is 0 Å². The Morgan fingerprint density at radius 3 is 2.96 bits per heavy atom. The van der Waals surface area contributed by atoms with Crippen LogP contribution >= 0.6 is 0 Å². The monoisotopic (exact) mass is 345 g/mol. The van der Waals surface area contributed by atoms with Crippen LogP contribution in [0.5, 0.6) is 0 Å². The molecule has 2 aliphatic rings. The third-order valence-electron chi connectivity index (χ3n) is 5.08. The van der Waals surface area contributed by atoms with Gasteiger partial charge in [0.25, 0.3) is 5.91 Å². The fourth-order valence-electron chi connectivity index (χ4n) is 3.68. The van der Waals surface area contributed by atoms with E-state index < -0.39 is 0 Å². The van der Waals surface area contributed by atoms with Gasteiger partial charge in [-0.3, -0.25) is 9.48 Å². The molecule has 0 aromatic carbocycles. The molecule has 1 amide bonds. The Kier molecular flexibility index (Phi) is 4.52. The number of carbonyl (C=O) groups excluding carboxylic acids is 1. The van der Waals surface area contributed by atoms with Crippen molar-refractivity contribution in [1.82, 2.24) is 24.8 Å². The third-order valence-corrected chi connectivity index (χ3v) is 5.08. The van der Waals surface area contributed by atoms with Crippen molar-refractivity contribution in [3.8, 4) is 0 Å². The molecule has 0 saturated carbocycles. The molecule has 2 aromatic heterocycles. The van der Waals surface area contributed by atoms with Gasteiger partial charge in [-0.1, -0.05) is 5.16 Å². The van der Waals surface area contributed by atoms with Crippen LogP contribution in [0, 0.1) is 0 Å². The zero-order valence-corrected chi connectivity index (χ0v) is 14.4. The van der Waals surface area contributed by atoms with Gasteiger partial charge in [0.1, 0.15) is 11.7 Å². The molecule has 1 atom stereocenters. The van der Waals surface area contributed by atoms with Gasteiger partial charge in [-0.15, -0.1) is 0 Å². The maximum absolute atomic E-state index is 12.9. The van der Waals surface area contributed by atoms with Gasteiger partial charge in [-0.05, 0) is 38.7 Å². The Labute approximate surface area is 146 Å². The fourth-order valence-corrected chi connectivity index (χ4v) is 3.68. The van der Waals surface area contributed by atoms with E-state index in [0.717, 1.165) is 44.7 Å². The second kappa shape index (κ2) is 6.95. The zero-order valence-electron chi connectivity index (χ0n) is 14.4. The summed E-state index contributed by atoms with van der Waals surface area (Å²) in [5.74, 6) is 1.57. The van der Waals surface area contributed by atoms with Crippen molar-refractivity contribution in [1.29, 1.82) is 0 Å². The number of hydrogen-bond donors (Lipinski definition) is 0. The van der Waals surface area contributed by atoms with Crippen LogP contribution in [0.3, 0.4) is 0 Å². The average molecular weight is 345 g/mol. The predicted octanol–water partition coefficient (Wildman–Crippen LogP) is 2.16. The van der Waals surface area contributed by atoms with Crippen LogP contribution in [0.25, 0.3) is 0 Å². The highest BCUT2D eigenvalue weighted by atomic mass is 16.5. The largest absolute Gasteiger partial charge is 0.381 e. The van der Waals surface area contributed by atoms with Crippen LogP contribution in [0.2, 0.25) is 0 Å². The van der Waals surface area contributed by atoms with E-state index in [9.17, 15) is 4.79 Å². The van der Waals surface area contributed by atoms with Crippen LogP contribution in [-0.4, -0.2) is 50.5 Å². The predicted molar refractivity (Wildman–Crippen MR) is 88.0 cm³/mol. The summed E-state index contributed by atoms with van der Waals surface area (Å²) in [5, 5.41) is 8.37. The number of likely N-dealkylation sites (tertiary alicyclic amines) is 1. The summed E-state index contributed by atoms with van der Waals surface area (Å²) in [6.07, 6.45) is 5.29. The first kappa shape index (κ1) is 16.3. The van der Waals surface area contributed by atoms with Crippen molar-refractivity contribution >= 4 is 5.91 Å². The fraction of sp³-hybridized carbons (Fsp3) is 0.647. The lowest BCUT2D eigenvalue weighted by molar-refractivity contribution is 0.0697. The molecule has 25 heavy (non-hydrogen) atoms. The number of rotatable bonds is 4. The molecule has 0 spiro atoms. The van der Waals surface area contributed by atoms with E-state index in [-0.39, 0.29) is 11.9 Å². The highest BCUT2D eigenvalue weighted by Gasteiger charge is 2.36. The topological polar surface area (TPSA) is 86.3 Å².